The Morgan fingerprint density at radius 1 is 0.933 bits per heavy atom. The topological polar surface area (TPSA) is 120 Å². The first-order valence-corrected chi connectivity index (χ1v) is 15.8. The molecule has 0 atom stereocenters. The number of hydrogen-bond donors (Lipinski definition) is 0. The van der Waals surface area contributed by atoms with E-state index in [0.717, 1.165) is 0 Å². The second kappa shape index (κ2) is 13.8. The third kappa shape index (κ3) is 6.63. The fraction of sp³-hybridized carbons (Fsp3) is 0.265. The van der Waals surface area contributed by atoms with Crippen LogP contribution in [-0.4, -0.2) is 60.6 Å². The van der Waals surface area contributed by atoms with Crippen molar-refractivity contribution in [1.82, 2.24) is 0 Å². The van der Waals surface area contributed by atoms with Crippen molar-refractivity contribution in [2.24, 2.45) is 0 Å². The molecule has 1 aliphatic heterocycles. The Kier molecular flexibility index (Phi) is 10.1. The summed E-state index contributed by atoms with van der Waals surface area (Å²) in [4.78, 5) is 42.8. The molecule has 2 amide bonds. The van der Waals surface area contributed by atoms with Crippen LogP contribution in [0.2, 0.25) is 0 Å². The second-order valence-electron chi connectivity index (χ2n) is 10.2. The number of nitrogens with zero attached hydrogens (tertiary/aromatic N) is 2. The first-order chi connectivity index (χ1) is 21.5. The number of allylic oxidation sites excluding steroid dienone is 1. The molecule has 0 aromatic heterocycles. The van der Waals surface area contributed by atoms with Crippen LogP contribution in [0.25, 0.3) is 0 Å². The number of anilines is 2. The molecule has 10 nitrogen and oxygen atoms in total. The molecule has 45 heavy (non-hydrogen) atoms. The number of carbonyl (C=O) groups excluding carboxylic acids is 3. The molecule has 4 rings (SSSR count). The minimum Gasteiger partial charge on any atom is -0.493 e. The number of hydrogen-bond acceptors (Lipinski definition) is 8. The quantitative estimate of drug-likeness (QED) is 0.161. The first kappa shape index (κ1) is 33.0. The van der Waals surface area contributed by atoms with Crippen LogP contribution >= 0.6 is 0 Å². The lowest BCUT2D eigenvalue weighted by Crippen LogP contribution is -2.33. The van der Waals surface area contributed by atoms with Crippen LogP contribution in [0, 0.1) is 0 Å². The summed E-state index contributed by atoms with van der Waals surface area (Å²) in [6.45, 7) is 5.37. The number of amides is 2. The molecular weight excluding hydrogens is 596 g/mol. The number of rotatable bonds is 10. The first-order valence-electron chi connectivity index (χ1n) is 14.3. The van der Waals surface area contributed by atoms with Gasteiger partial charge in [-0.2, -0.15) is 0 Å². The highest BCUT2D eigenvalue weighted by Gasteiger charge is 2.36. The van der Waals surface area contributed by atoms with Crippen molar-refractivity contribution in [3.05, 3.63) is 95.1 Å². The molecule has 11 heteroatoms. The molecule has 3 aromatic rings. The van der Waals surface area contributed by atoms with Gasteiger partial charge >= 0.3 is 5.97 Å². The molecule has 0 spiro atoms. The Bertz CT molecular complexity index is 1810. The molecule has 0 N–H and O–H groups in total. The number of ether oxygens (including phenoxy) is 3. The van der Waals surface area contributed by atoms with Gasteiger partial charge in [0, 0.05) is 29.9 Å². The van der Waals surface area contributed by atoms with E-state index in [9.17, 15) is 22.8 Å². The summed E-state index contributed by atoms with van der Waals surface area (Å²) in [5.74, 6) is -0.581. The molecule has 236 valence electrons. The molecule has 1 aliphatic rings. The Labute approximate surface area is 263 Å². The van der Waals surface area contributed by atoms with Crippen LogP contribution in [0.3, 0.4) is 0 Å². The molecule has 0 unspecified atom stereocenters. The average molecular weight is 633 g/mol. The minimum atomic E-state index is -4.15. The van der Waals surface area contributed by atoms with Crippen LogP contribution in [0.4, 0.5) is 11.4 Å². The van der Waals surface area contributed by atoms with E-state index in [1.54, 1.807) is 57.3 Å². The van der Waals surface area contributed by atoms with E-state index in [1.165, 1.54) is 54.4 Å². The molecule has 0 bridgehead atoms. The van der Waals surface area contributed by atoms with Gasteiger partial charge in [-0.1, -0.05) is 25.1 Å². The lowest BCUT2D eigenvalue weighted by Gasteiger charge is -2.25. The van der Waals surface area contributed by atoms with Gasteiger partial charge in [0.1, 0.15) is 0 Å². The molecule has 0 saturated carbocycles. The number of methoxy groups -OCH3 is 2. The molecule has 0 fully saturated rings. The predicted molar refractivity (Wildman–Crippen MR) is 171 cm³/mol. The summed E-state index contributed by atoms with van der Waals surface area (Å²) in [7, 11) is 0.426. The maximum atomic E-state index is 14.1. The third-order valence-electron chi connectivity index (χ3n) is 7.30. The highest BCUT2D eigenvalue weighted by atomic mass is 32.2. The zero-order valence-electron chi connectivity index (χ0n) is 26.1. The van der Waals surface area contributed by atoms with Gasteiger partial charge in [0.05, 0.1) is 48.4 Å². The normalized spacial score (nSPS) is 14.2. The van der Waals surface area contributed by atoms with Crippen LogP contribution in [0.15, 0.2) is 93.8 Å². The number of esters is 1. The van der Waals surface area contributed by atoms with Crippen molar-refractivity contribution >= 4 is 39.0 Å². The summed E-state index contributed by atoms with van der Waals surface area (Å²) >= 11 is 0. The van der Waals surface area contributed by atoms with Gasteiger partial charge in [-0.15, -0.1) is 0 Å². The van der Waals surface area contributed by atoms with E-state index in [-0.39, 0.29) is 39.8 Å². The molecular formula is C34H36N2O8S. The maximum Gasteiger partial charge on any atom is 0.333 e. The van der Waals surface area contributed by atoms with Crippen molar-refractivity contribution < 1.29 is 37.0 Å². The number of benzene rings is 3. The van der Waals surface area contributed by atoms with Gasteiger partial charge in [-0.3, -0.25) is 9.59 Å². The van der Waals surface area contributed by atoms with Crippen molar-refractivity contribution in [2.75, 3.05) is 44.2 Å². The van der Waals surface area contributed by atoms with Crippen molar-refractivity contribution in [2.45, 2.75) is 37.0 Å². The molecule has 1 heterocycles. The van der Waals surface area contributed by atoms with E-state index >= 15 is 0 Å². The van der Waals surface area contributed by atoms with Gasteiger partial charge in [0.2, 0.25) is 9.84 Å². The van der Waals surface area contributed by atoms with E-state index < -0.39 is 27.6 Å². The van der Waals surface area contributed by atoms with E-state index in [0.29, 0.717) is 34.8 Å². The third-order valence-corrected chi connectivity index (χ3v) is 9.16. The zero-order valence-corrected chi connectivity index (χ0v) is 26.9. The van der Waals surface area contributed by atoms with Crippen LogP contribution in [0.1, 0.15) is 47.9 Å². The largest absolute Gasteiger partial charge is 0.493 e. The summed E-state index contributed by atoms with van der Waals surface area (Å²) in [5, 5.41) is 0. The van der Waals surface area contributed by atoms with E-state index in [2.05, 4.69) is 0 Å². The Hall–Kier alpha value is -4.90. The fourth-order valence-electron chi connectivity index (χ4n) is 5.04. The summed E-state index contributed by atoms with van der Waals surface area (Å²) in [6.07, 6.45) is 4.06. The van der Waals surface area contributed by atoms with Gasteiger partial charge < -0.3 is 24.0 Å². The number of fused-ring (bicyclic) bond motifs is 2. The van der Waals surface area contributed by atoms with Gasteiger partial charge in [-0.25, -0.2) is 13.2 Å². The van der Waals surface area contributed by atoms with Crippen LogP contribution < -0.4 is 19.3 Å². The Balaban J connectivity index is 1.86. The van der Waals surface area contributed by atoms with E-state index in [4.69, 9.17) is 14.2 Å². The molecule has 0 radical (unpaired) electrons. The van der Waals surface area contributed by atoms with Crippen molar-refractivity contribution in [1.29, 1.82) is 0 Å². The Morgan fingerprint density at radius 2 is 1.64 bits per heavy atom. The summed E-state index contributed by atoms with van der Waals surface area (Å²) in [5.41, 5.74) is 1.64. The van der Waals surface area contributed by atoms with Crippen molar-refractivity contribution in [3.63, 3.8) is 0 Å². The molecule has 0 saturated heterocycles. The SMILES string of the molecule is CC/C=C(\C=C(/C)C(=O)OCC)CN1C(=O)c2ccccc2S(=O)(=O)c2ccc(C(=O)N(C)c3ccc(OC)c(OC)c3)cc21. The Morgan fingerprint density at radius 3 is 2.31 bits per heavy atom. The highest BCUT2D eigenvalue weighted by molar-refractivity contribution is 7.91. The van der Waals surface area contributed by atoms with Crippen molar-refractivity contribution in [3.8, 4) is 11.5 Å². The number of sulfone groups is 1. The lowest BCUT2D eigenvalue weighted by molar-refractivity contribution is -0.138. The monoisotopic (exact) mass is 632 g/mol. The second-order valence-corrected chi connectivity index (χ2v) is 12.1. The lowest BCUT2D eigenvalue weighted by atomic mass is 10.1. The summed E-state index contributed by atoms with van der Waals surface area (Å²) < 4.78 is 43.7. The zero-order chi connectivity index (χ0) is 32.9. The highest BCUT2D eigenvalue weighted by Crippen LogP contribution is 2.39. The fourth-order valence-corrected chi connectivity index (χ4v) is 6.67. The van der Waals surface area contributed by atoms with Gasteiger partial charge in [-0.05, 0) is 74.4 Å². The number of carbonyl (C=O) groups is 3. The van der Waals surface area contributed by atoms with Crippen LogP contribution in [-0.2, 0) is 19.4 Å². The molecule has 0 aliphatic carbocycles. The minimum absolute atomic E-state index is 0.00552. The van der Waals surface area contributed by atoms with Gasteiger partial charge in [0.15, 0.2) is 11.5 Å². The summed E-state index contributed by atoms with van der Waals surface area (Å²) in [6, 6.07) is 15.2. The standard InChI is InChI=1S/C34H36N2O8S/c1-7-11-23(18-22(3)34(39)44-8-2)21-36-27-19-24(32(37)35(4)25-15-16-28(42-5)29(20-25)43-6)14-17-31(27)45(40,41)30-13-10-9-12-26(30)33(36)38/h9-20H,7-8,21H2,1-6H3/b22-18+,23-11+. The smallest absolute Gasteiger partial charge is 0.333 e. The maximum absolute atomic E-state index is 14.1. The van der Waals surface area contributed by atoms with Crippen LogP contribution in [0.5, 0.6) is 11.5 Å². The van der Waals surface area contributed by atoms with E-state index in [1.807, 2.05) is 13.0 Å². The predicted octanol–water partition coefficient (Wildman–Crippen LogP) is 5.62. The molecule has 3 aromatic carbocycles. The van der Waals surface area contributed by atoms with Gasteiger partial charge in [0.25, 0.3) is 11.8 Å². The average Bonchev–Trinajstić information content (AvgIpc) is 3.11.